The number of carboxylic acid groups (broad SMARTS) is 1. The monoisotopic (exact) mass is 230 g/mol. The zero-order valence-electron chi connectivity index (χ0n) is 9.50. The highest BCUT2D eigenvalue weighted by atomic mass is 16.4. The van der Waals surface area contributed by atoms with Crippen LogP contribution in [0.5, 0.6) is 0 Å². The lowest BCUT2D eigenvalue weighted by Crippen LogP contribution is -1.95. The fraction of sp³-hybridized carbons (Fsp3) is 0.0769. The molecule has 2 aromatic rings. The van der Waals surface area contributed by atoms with E-state index in [4.69, 9.17) is 10.8 Å². The van der Waals surface area contributed by atoms with Gasteiger partial charge >= 0.3 is 5.97 Å². The second-order valence-corrected chi connectivity index (χ2v) is 3.45. The number of pyridine rings is 1. The molecule has 1 aromatic carbocycles. The molecule has 0 fully saturated rings. The van der Waals surface area contributed by atoms with Crippen molar-refractivity contribution in [2.24, 2.45) is 0 Å². The van der Waals surface area contributed by atoms with Crippen LogP contribution in [0, 0.1) is 6.92 Å². The number of nitrogens with two attached hydrogens (primary N) is 1. The molecule has 3 N–H and O–H groups in total. The highest BCUT2D eigenvalue weighted by Crippen LogP contribution is 2.04. The first kappa shape index (κ1) is 12.7. The minimum atomic E-state index is -0.931. The Kier molecular flexibility index (Phi) is 4.69. The average molecular weight is 230 g/mol. The number of aromatic carboxylic acids is 1. The smallest absolute Gasteiger partial charge is 0.335 e. The third-order valence-electron chi connectivity index (χ3n) is 2.00. The lowest BCUT2D eigenvalue weighted by molar-refractivity contribution is 0.0697. The second-order valence-electron chi connectivity index (χ2n) is 3.45. The van der Waals surface area contributed by atoms with Crippen molar-refractivity contribution in [3.63, 3.8) is 0 Å². The minimum Gasteiger partial charge on any atom is -0.478 e. The van der Waals surface area contributed by atoms with Gasteiger partial charge in [-0.25, -0.2) is 4.79 Å². The Bertz CT molecular complexity index is 467. The number of nitrogen functional groups attached to an aromatic ring is 1. The van der Waals surface area contributed by atoms with Crippen molar-refractivity contribution in [1.29, 1.82) is 0 Å². The molecule has 0 atom stereocenters. The van der Waals surface area contributed by atoms with Gasteiger partial charge in [-0.2, -0.15) is 0 Å². The van der Waals surface area contributed by atoms with Crippen LogP contribution < -0.4 is 5.73 Å². The molecule has 2 rings (SSSR count). The predicted octanol–water partition coefficient (Wildman–Crippen LogP) is 2.36. The van der Waals surface area contributed by atoms with Crippen LogP contribution in [0.25, 0.3) is 0 Å². The van der Waals surface area contributed by atoms with E-state index in [1.165, 1.54) is 17.7 Å². The highest BCUT2D eigenvalue weighted by molar-refractivity contribution is 5.87. The topological polar surface area (TPSA) is 76.2 Å². The number of hydrogen-bond donors (Lipinski definition) is 2. The highest BCUT2D eigenvalue weighted by Gasteiger charge is 1.98. The standard InChI is InChI=1S/C7H7NO2.C6H7N/c8-6-3-1-5(2-4-6)7(9)10;1-6-2-4-7-5-3-6/h1-4H,8H2,(H,9,10);2-5H,1H3. The van der Waals surface area contributed by atoms with Gasteiger partial charge < -0.3 is 10.8 Å². The van der Waals surface area contributed by atoms with Crippen molar-refractivity contribution < 1.29 is 9.90 Å². The summed E-state index contributed by atoms with van der Waals surface area (Å²) in [6, 6.07) is 10.0. The summed E-state index contributed by atoms with van der Waals surface area (Å²) in [5.74, 6) is -0.931. The first-order valence-corrected chi connectivity index (χ1v) is 5.05. The van der Waals surface area contributed by atoms with Crippen molar-refractivity contribution in [2.75, 3.05) is 5.73 Å². The molecule has 0 amide bonds. The van der Waals surface area contributed by atoms with Crippen molar-refractivity contribution in [3.8, 4) is 0 Å². The summed E-state index contributed by atoms with van der Waals surface area (Å²) in [5.41, 5.74) is 7.43. The van der Waals surface area contributed by atoms with Gasteiger partial charge in [0.05, 0.1) is 5.56 Å². The zero-order valence-corrected chi connectivity index (χ0v) is 9.50. The molecule has 4 heteroatoms. The quantitative estimate of drug-likeness (QED) is 0.737. The molecular formula is C13H14N2O2. The molecule has 0 saturated heterocycles. The number of carboxylic acids is 1. The minimum absolute atomic E-state index is 0.259. The Morgan fingerprint density at radius 3 is 2.00 bits per heavy atom. The molecule has 88 valence electrons. The number of benzene rings is 1. The van der Waals surface area contributed by atoms with E-state index in [2.05, 4.69) is 4.98 Å². The summed E-state index contributed by atoms with van der Waals surface area (Å²) < 4.78 is 0. The summed E-state index contributed by atoms with van der Waals surface area (Å²) in [4.78, 5) is 14.1. The van der Waals surface area contributed by atoms with Gasteiger partial charge in [0.1, 0.15) is 0 Å². The van der Waals surface area contributed by atoms with Gasteiger partial charge in [-0.15, -0.1) is 0 Å². The number of aryl methyl sites for hydroxylation is 1. The van der Waals surface area contributed by atoms with Gasteiger partial charge in [-0.1, -0.05) is 0 Å². The van der Waals surface area contributed by atoms with Crippen LogP contribution in [-0.4, -0.2) is 16.1 Å². The molecule has 4 nitrogen and oxygen atoms in total. The number of anilines is 1. The summed E-state index contributed by atoms with van der Waals surface area (Å²) in [6.45, 7) is 2.04. The van der Waals surface area contributed by atoms with Crippen LogP contribution in [0.4, 0.5) is 5.69 Å². The largest absolute Gasteiger partial charge is 0.478 e. The van der Waals surface area contributed by atoms with E-state index in [9.17, 15) is 4.79 Å². The van der Waals surface area contributed by atoms with Crippen molar-refractivity contribution >= 4 is 11.7 Å². The van der Waals surface area contributed by atoms with Crippen LogP contribution >= 0.6 is 0 Å². The van der Waals surface area contributed by atoms with Gasteiger partial charge in [0, 0.05) is 18.1 Å². The summed E-state index contributed by atoms with van der Waals surface area (Å²) in [7, 11) is 0. The third-order valence-corrected chi connectivity index (χ3v) is 2.00. The van der Waals surface area contributed by atoms with Gasteiger partial charge in [0.25, 0.3) is 0 Å². The molecule has 0 aliphatic carbocycles. The van der Waals surface area contributed by atoms with E-state index in [1.807, 2.05) is 19.1 Å². The first-order valence-electron chi connectivity index (χ1n) is 5.05. The second kappa shape index (κ2) is 6.27. The molecule has 17 heavy (non-hydrogen) atoms. The van der Waals surface area contributed by atoms with Crippen LogP contribution in [0.3, 0.4) is 0 Å². The van der Waals surface area contributed by atoms with Crippen LogP contribution in [0.15, 0.2) is 48.8 Å². The van der Waals surface area contributed by atoms with Crippen molar-refractivity contribution in [2.45, 2.75) is 6.92 Å². The van der Waals surface area contributed by atoms with Gasteiger partial charge in [0.2, 0.25) is 0 Å². The molecule has 0 spiro atoms. The molecule has 0 unspecified atom stereocenters. The van der Waals surface area contributed by atoms with E-state index < -0.39 is 5.97 Å². The Morgan fingerprint density at radius 2 is 1.65 bits per heavy atom. The number of carbonyl (C=O) groups is 1. The van der Waals surface area contributed by atoms with E-state index in [0.717, 1.165) is 0 Å². The van der Waals surface area contributed by atoms with Crippen LogP contribution in [0.1, 0.15) is 15.9 Å². The van der Waals surface area contributed by atoms with Gasteiger partial charge in [-0.3, -0.25) is 4.98 Å². The molecule has 1 heterocycles. The SMILES string of the molecule is Cc1ccncc1.Nc1ccc(C(=O)O)cc1. The Morgan fingerprint density at radius 1 is 1.12 bits per heavy atom. The molecule has 0 aliphatic heterocycles. The van der Waals surface area contributed by atoms with Crippen LogP contribution in [-0.2, 0) is 0 Å². The van der Waals surface area contributed by atoms with E-state index >= 15 is 0 Å². The maximum atomic E-state index is 10.3. The van der Waals surface area contributed by atoms with Crippen molar-refractivity contribution in [1.82, 2.24) is 4.98 Å². The molecule has 0 aliphatic rings. The summed E-state index contributed by atoms with van der Waals surface area (Å²) >= 11 is 0. The van der Waals surface area contributed by atoms with E-state index in [-0.39, 0.29) is 5.56 Å². The summed E-state index contributed by atoms with van der Waals surface area (Å²) in [6.07, 6.45) is 3.57. The maximum Gasteiger partial charge on any atom is 0.335 e. The van der Waals surface area contributed by atoms with E-state index in [0.29, 0.717) is 5.69 Å². The lowest BCUT2D eigenvalue weighted by Gasteiger charge is -1.93. The van der Waals surface area contributed by atoms with Crippen molar-refractivity contribution in [3.05, 3.63) is 59.9 Å². The first-order chi connectivity index (χ1) is 8.09. The maximum absolute atomic E-state index is 10.3. The fourth-order valence-electron chi connectivity index (χ4n) is 1.05. The summed E-state index contributed by atoms with van der Waals surface area (Å²) in [5, 5.41) is 8.43. The molecule has 0 radical (unpaired) electrons. The number of rotatable bonds is 1. The zero-order chi connectivity index (χ0) is 12.7. The molecule has 1 aromatic heterocycles. The molecular weight excluding hydrogens is 216 g/mol. The van der Waals surface area contributed by atoms with E-state index in [1.54, 1.807) is 24.5 Å². The number of nitrogens with zero attached hydrogens (tertiary/aromatic N) is 1. The average Bonchev–Trinajstić information content (AvgIpc) is 2.31. The normalized spacial score (nSPS) is 9.00. The lowest BCUT2D eigenvalue weighted by atomic mass is 10.2. The molecule has 0 bridgehead atoms. The van der Waals surface area contributed by atoms with Crippen LogP contribution in [0.2, 0.25) is 0 Å². The number of aromatic nitrogens is 1. The fourth-order valence-corrected chi connectivity index (χ4v) is 1.05. The number of hydrogen-bond acceptors (Lipinski definition) is 3. The third kappa shape index (κ3) is 4.79. The van der Waals surface area contributed by atoms with Gasteiger partial charge in [-0.05, 0) is 48.9 Å². The Balaban J connectivity index is 0.000000181. The van der Waals surface area contributed by atoms with Gasteiger partial charge in [0.15, 0.2) is 0 Å². The predicted molar refractivity (Wildman–Crippen MR) is 66.8 cm³/mol. The molecule has 0 saturated carbocycles. The Hall–Kier alpha value is -2.36. The Labute approximate surface area is 99.7 Å².